The van der Waals surface area contributed by atoms with Gasteiger partial charge in [-0.2, -0.15) is 0 Å². The molecule has 2 heterocycles. The first-order chi connectivity index (χ1) is 15.2. The minimum atomic E-state index is -0.0533. The van der Waals surface area contributed by atoms with Gasteiger partial charge in [0.1, 0.15) is 0 Å². The predicted octanol–water partition coefficient (Wildman–Crippen LogP) is 4.36. The summed E-state index contributed by atoms with van der Waals surface area (Å²) in [5, 5.41) is 12.5. The normalized spacial score (nSPS) is 11.8. The fraction of sp³-hybridized carbons (Fsp3) is 0.167. The summed E-state index contributed by atoms with van der Waals surface area (Å²) in [5.74, 6) is 0.952. The number of carbonyl (C=O) groups is 1. The molecule has 4 aromatic rings. The van der Waals surface area contributed by atoms with E-state index >= 15 is 0 Å². The lowest BCUT2D eigenvalue weighted by Gasteiger charge is -2.14. The molecular weight excluding hydrogens is 406 g/mol. The Morgan fingerprint density at radius 1 is 1.00 bits per heavy atom. The molecule has 1 N–H and O–H groups in total. The van der Waals surface area contributed by atoms with Crippen LogP contribution in [0.4, 0.5) is 0 Å². The van der Waals surface area contributed by atoms with E-state index in [4.69, 9.17) is 0 Å². The molecule has 1 unspecified atom stereocenters. The van der Waals surface area contributed by atoms with Gasteiger partial charge in [-0.15, -0.1) is 10.2 Å². The van der Waals surface area contributed by atoms with Crippen molar-refractivity contribution in [1.82, 2.24) is 25.1 Å². The molecule has 0 spiro atoms. The first kappa shape index (κ1) is 20.8. The number of carbonyl (C=O) groups excluding carboxylic acids is 1. The molecule has 0 aliphatic carbocycles. The molecule has 4 rings (SSSR count). The summed E-state index contributed by atoms with van der Waals surface area (Å²) in [6.07, 6.45) is 3.50. The van der Waals surface area contributed by atoms with E-state index in [1.807, 2.05) is 72.2 Å². The summed E-state index contributed by atoms with van der Waals surface area (Å²) in [6, 6.07) is 23.8. The minimum absolute atomic E-state index is 0.0430. The number of benzene rings is 2. The summed E-state index contributed by atoms with van der Waals surface area (Å²) in [5.41, 5.74) is 3.10. The molecule has 7 heteroatoms. The van der Waals surface area contributed by atoms with Crippen molar-refractivity contribution < 1.29 is 4.79 Å². The maximum Gasteiger partial charge on any atom is 0.230 e. The largest absolute Gasteiger partial charge is 0.349 e. The fourth-order valence-electron chi connectivity index (χ4n) is 3.25. The van der Waals surface area contributed by atoms with Gasteiger partial charge in [0.25, 0.3) is 0 Å². The first-order valence-electron chi connectivity index (χ1n) is 10.1. The van der Waals surface area contributed by atoms with Crippen LogP contribution in [0.15, 0.2) is 90.3 Å². The smallest absolute Gasteiger partial charge is 0.230 e. The van der Waals surface area contributed by atoms with Crippen molar-refractivity contribution in [2.75, 3.05) is 5.75 Å². The fourth-order valence-corrected chi connectivity index (χ4v) is 4.00. The van der Waals surface area contributed by atoms with Crippen molar-refractivity contribution in [3.8, 4) is 11.4 Å². The maximum absolute atomic E-state index is 12.5. The van der Waals surface area contributed by atoms with E-state index in [1.165, 1.54) is 11.8 Å². The van der Waals surface area contributed by atoms with Crippen molar-refractivity contribution in [3.05, 3.63) is 96.3 Å². The van der Waals surface area contributed by atoms with Gasteiger partial charge in [0.05, 0.1) is 18.3 Å². The Morgan fingerprint density at radius 3 is 2.45 bits per heavy atom. The van der Waals surface area contributed by atoms with Crippen LogP contribution in [0.25, 0.3) is 11.4 Å². The highest BCUT2D eigenvalue weighted by Gasteiger charge is 2.17. The van der Waals surface area contributed by atoms with Gasteiger partial charge < -0.3 is 5.32 Å². The lowest BCUT2D eigenvalue weighted by atomic mass is 10.1. The van der Waals surface area contributed by atoms with Crippen molar-refractivity contribution >= 4 is 17.7 Å². The number of nitrogens with one attached hydrogen (secondary N) is 1. The van der Waals surface area contributed by atoms with Crippen LogP contribution in [0.1, 0.15) is 24.1 Å². The standard InChI is InChI=1S/C24H23N5OS/c1-18(20-11-6-3-7-12-20)26-22(30)17-31-24-28-27-23(21-13-8-14-25-15-21)29(24)16-19-9-4-2-5-10-19/h2-15,18H,16-17H2,1H3,(H,26,30). The van der Waals surface area contributed by atoms with Gasteiger partial charge in [0, 0.05) is 18.0 Å². The van der Waals surface area contributed by atoms with Gasteiger partial charge in [-0.3, -0.25) is 14.3 Å². The Kier molecular flexibility index (Phi) is 6.74. The summed E-state index contributed by atoms with van der Waals surface area (Å²) >= 11 is 1.38. The highest BCUT2D eigenvalue weighted by Crippen LogP contribution is 2.25. The highest BCUT2D eigenvalue weighted by molar-refractivity contribution is 7.99. The van der Waals surface area contributed by atoms with Gasteiger partial charge in [-0.05, 0) is 30.2 Å². The van der Waals surface area contributed by atoms with Crippen LogP contribution in [0.2, 0.25) is 0 Å². The van der Waals surface area contributed by atoms with Crippen LogP contribution < -0.4 is 5.32 Å². The number of amides is 1. The molecule has 0 aliphatic heterocycles. The second-order valence-corrected chi connectivity index (χ2v) is 8.05. The Balaban J connectivity index is 1.50. The highest BCUT2D eigenvalue weighted by atomic mass is 32.2. The molecule has 0 saturated heterocycles. The molecule has 6 nitrogen and oxygen atoms in total. The average molecular weight is 430 g/mol. The van der Waals surface area contributed by atoms with E-state index in [2.05, 4.69) is 32.6 Å². The van der Waals surface area contributed by atoms with E-state index < -0.39 is 0 Å². The molecule has 1 amide bonds. The second-order valence-electron chi connectivity index (χ2n) is 7.11. The number of thioether (sulfide) groups is 1. The van der Waals surface area contributed by atoms with Crippen LogP contribution in [0, 0.1) is 0 Å². The summed E-state index contributed by atoms with van der Waals surface area (Å²) < 4.78 is 2.03. The Morgan fingerprint density at radius 2 is 1.74 bits per heavy atom. The zero-order chi connectivity index (χ0) is 21.5. The summed E-state index contributed by atoms with van der Waals surface area (Å²) in [7, 11) is 0. The maximum atomic E-state index is 12.5. The number of nitrogens with zero attached hydrogens (tertiary/aromatic N) is 4. The van der Waals surface area contributed by atoms with E-state index in [0.29, 0.717) is 11.7 Å². The predicted molar refractivity (Wildman–Crippen MR) is 123 cm³/mol. The SMILES string of the molecule is CC(NC(=O)CSc1nnc(-c2cccnc2)n1Cc1ccccc1)c1ccccc1. The van der Waals surface area contributed by atoms with E-state index in [0.717, 1.165) is 22.5 Å². The number of pyridine rings is 1. The average Bonchev–Trinajstić information content (AvgIpc) is 3.22. The first-order valence-corrected chi connectivity index (χ1v) is 11.0. The van der Waals surface area contributed by atoms with Crippen LogP contribution in [0.5, 0.6) is 0 Å². The molecule has 156 valence electrons. The zero-order valence-corrected chi connectivity index (χ0v) is 18.0. The summed E-state index contributed by atoms with van der Waals surface area (Å²) in [6.45, 7) is 2.60. The quantitative estimate of drug-likeness (QED) is 0.422. The molecule has 31 heavy (non-hydrogen) atoms. The summed E-state index contributed by atoms with van der Waals surface area (Å²) in [4.78, 5) is 16.7. The third-order valence-corrected chi connectivity index (χ3v) is 5.80. The van der Waals surface area contributed by atoms with Crippen LogP contribution in [0.3, 0.4) is 0 Å². The Hall–Kier alpha value is -3.45. The Bertz CT molecular complexity index is 1120. The molecule has 0 saturated carbocycles. The van der Waals surface area contributed by atoms with Gasteiger partial charge in [0.2, 0.25) is 5.91 Å². The lowest BCUT2D eigenvalue weighted by molar-refractivity contribution is -0.119. The van der Waals surface area contributed by atoms with Crippen molar-refractivity contribution in [3.63, 3.8) is 0 Å². The molecule has 2 aromatic carbocycles. The Labute approximate surface area is 185 Å². The van der Waals surface area contributed by atoms with Crippen LogP contribution >= 0.6 is 11.8 Å². The number of hydrogen-bond acceptors (Lipinski definition) is 5. The number of aromatic nitrogens is 4. The molecule has 2 aromatic heterocycles. The minimum Gasteiger partial charge on any atom is -0.349 e. The van der Waals surface area contributed by atoms with Gasteiger partial charge in [-0.25, -0.2) is 0 Å². The van der Waals surface area contributed by atoms with Crippen LogP contribution in [-0.4, -0.2) is 31.4 Å². The second kappa shape index (κ2) is 10.0. The van der Waals surface area contributed by atoms with Gasteiger partial charge in [0.15, 0.2) is 11.0 Å². The van der Waals surface area contributed by atoms with Crippen molar-refractivity contribution in [1.29, 1.82) is 0 Å². The van der Waals surface area contributed by atoms with Gasteiger partial charge in [-0.1, -0.05) is 72.4 Å². The molecular formula is C24H23N5OS. The topological polar surface area (TPSA) is 72.7 Å². The van der Waals surface area contributed by atoms with Gasteiger partial charge >= 0.3 is 0 Å². The van der Waals surface area contributed by atoms with E-state index in [1.54, 1.807) is 12.4 Å². The molecule has 1 atom stereocenters. The van der Waals surface area contributed by atoms with Crippen LogP contribution in [-0.2, 0) is 11.3 Å². The molecule has 0 aliphatic rings. The molecule has 0 radical (unpaired) electrons. The monoisotopic (exact) mass is 429 g/mol. The number of rotatable bonds is 8. The van der Waals surface area contributed by atoms with Crippen molar-refractivity contribution in [2.24, 2.45) is 0 Å². The lowest BCUT2D eigenvalue weighted by Crippen LogP contribution is -2.28. The van der Waals surface area contributed by atoms with E-state index in [9.17, 15) is 4.79 Å². The zero-order valence-electron chi connectivity index (χ0n) is 17.2. The third kappa shape index (κ3) is 5.38. The van der Waals surface area contributed by atoms with E-state index in [-0.39, 0.29) is 17.7 Å². The van der Waals surface area contributed by atoms with Crippen molar-refractivity contribution in [2.45, 2.75) is 24.7 Å². The molecule has 0 bridgehead atoms. The molecule has 0 fully saturated rings. The third-order valence-electron chi connectivity index (χ3n) is 4.83. The number of hydrogen-bond donors (Lipinski definition) is 1.